The molecule has 1 heterocycles. The van der Waals surface area contributed by atoms with Crippen LogP contribution in [-0.4, -0.2) is 18.4 Å². The zero-order valence-electron chi connectivity index (χ0n) is 16.0. The molecule has 0 aliphatic rings. The van der Waals surface area contributed by atoms with Crippen LogP contribution in [0.15, 0.2) is 41.3 Å². The number of nitrogen functional groups attached to an aromatic ring is 1. The highest BCUT2D eigenvalue weighted by Crippen LogP contribution is 2.38. The average Bonchev–Trinajstić information content (AvgIpc) is 2.68. The third-order valence-electron chi connectivity index (χ3n) is 4.63. The number of nitrogens with two attached hydrogens (primary N) is 2. The fourth-order valence-corrected chi connectivity index (χ4v) is 4.22. The molecule has 0 saturated heterocycles. The van der Waals surface area contributed by atoms with Crippen molar-refractivity contribution in [1.82, 2.24) is 9.97 Å². The Morgan fingerprint density at radius 2 is 1.63 bits per heavy atom. The van der Waals surface area contributed by atoms with Crippen molar-refractivity contribution < 1.29 is 8.42 Å². The predicted molar refractivity (Wildman–Crippen MR) is 121 cm³/mol. The van der Waals surface area contributed by atoms with E-state index in [1.807, 2.05) is 13.0 Å². The van der Waals surface area contributed by atoms with Crippen molar-refractivity contribution in [2.45, 2.75) is 31.1 Å². The summed E-state index contributed by atoms with van der Waals surface area (Å²) in [5.74, 6) is 0.154. The van der Waals surface area contributed by atoms with Crippen LogP contribution in [-0.2, 0) is 22.9 Å². The first-order chi connectivity index (χ1) is 14.1. The minimum absolute atomic E-state index is 0.0927. The van der Waals surface area contributed by atoms with Crippen LogP contribution in [0, 0.1) is 6.92 Å². The molecule has 0 bridgehead atoms. The van der Waals surface area contributed by atoms with Crippen LogP contribution < -0.4 is 10.9 Å². The number of primary sulfonamides is 1. The molecule has 0 unspecified atom stereocenters. The lowest BCUT2D eigenvalue weighted by Gasteiger charge is -2.12. The van der Waals surface area contributed by atoms with Crippen molar-refractivity contribution in [2.75, 3.05) is 5.73 Å². The summed E-state index contributed by atoms with van der Waals surface area (Å²) in [6, 6.07) is 10.1. The van der Waals surface area contributed by atoms with E-state index in [0.29, 0.717) is 27.2 Å². The van der Waals surface area contributed by atoms with Crippen LogP contribution >= 0.6 is 34.8 Å². The molecule has 3 aromatic rings. The van der Waals surface area contributed by atoms with E-state index >= 15 is 0 Å². The van der Waals surface area contributed by atoms with Gasteiger partial charge < -0.3 is 5.73 Å². The Hall–Kier alpha value is -1.90. The van der Waals surface area contributed by atoms with Gasteiger partial charge in [-0.3, -0.25) is 0 Å². The van der Waals surface area contributed by atoms with E-state index in [-0.39, 0.29) is 10.8 Å². The predicted octanol–water partition coefficient (Wildman–Crippen LogP) is 4.82. The van der Waals surface area contributed by atoms with Crippen LogP contribution in [0.4, 0.5) is 5.95 Å². The topological polar surface area (TPSA) is 112 Å². The van der Waals surface area contributed by atoms with Gasteiger partial charge in [-0.1, -0.05) is 46.9 Å². The number of halogens is 3. The first-order valence-corrected chi connectivity index (χ1v) is 11.6. The van der Waals surface area contributed by atoms with E-state index in [9.17, 15) is 8.42 Å². The Morgan fingerprint density at radius 1 is 0.967 bits per heavy atom. The molecule has 0 atom stereocenters. The molecule has 0 spiro atoms. The van der Waals surface area contributed by atoms with Gasteiger partial charge in [-0.05, 0) is 61.6 Å². The van der Waals surface area contributed by atoms with Crippen molar-refractivity contribution in [3.8, 4) is 11.3 Å². The molecular formula is C20H19Cl3N4O2S. The van der Waals surface area contributed by atoms with E-state index < -0.39 is 10.0 Å². The van der Waals surface area contributed by atoms with E-state index in [0.717, 1.165) is 35.2 Å². The Kier molecular flexibility index (Phi) is 6.89. The molecule has 0 fully saturated rings. The highest BCUT2D eigenvalue weighted by atomic mass is 35.5. The molecule has 6 nitrogen and oxygen atoms in total. The molecule has 10 heteroatoms. The number of hydrogen-bond donors (Lipinski definition) is 2. The summed E-state index contributed by atoms with van der Waals surface area (Å²) in [6.45, 7) is 1.84. The first kappa shape index (κ1) is 22.8. The maximum Gasteiger partial charge on any atom is 0.238 e. The fraction of sp³-hybridized carbons (Fsp3) is 0.200. The first-order valence-electron chi connectivity index (χ1n) is 8.96. The summed E-state index contributed by atoms with van der Waals surface area (Å²) in [6.07, 6.45) is 2.18. The second-order valence-electron chi connectivity index (χ2n) is 6.80. The third-order valence-corrected chi connectivity index (χ3v) is 6.92. The zero-order chi connectivity index (χ0) is 22.1. The lowest BCUT2D eigenvalue weighted by Crippen LogP contribution is -2.11. The van der Waals surface area contributed by atoms with E-state index in [2.05, 4.69) is 9.97 Å². The van der Waals surface area contributed by atoms with E-state index in [1.54, 1.807) is 18.2 Å². The smallest absolute Gasteiger partial charge is 0.238 e. The van der Waals surface area contributed by atoms with E-state index in [4.69, 9.17) is 45.7 Å². The molecule has 2 aromatic carbocycles. The van der Waals surface area contributed by atoms with Gasteiger partial charge in [0.05, 0.1) is 25.7 Å². The Labute approximate surface area is 190 Å². The molecule has 0 aliphatic heterocycles. The van der Waals surface area contributed by atoms with Gasteiger partial charge in [0.1, 0.15) is 0 Å². The minimum Gasteiger partial charge on any atom is -0.368 e. The number of benzene rings is 2. The lowest BCUT2D eigenvalue weighted by atomic mass is 10.0. The van der Waals surface area contributed by atoms with Gasteiger partial charge in [0.25, 0.3) is 0 Å². The van der Waals surface area contributed by atoms with Gasteiger partial charge in [-0.15, -0.1) is 0 Å². The molecule has 0 radical (unpaired) electrons. The second-order valence-corrected chi connectivity index (χ2v) is 9.53. The average molecular weight is 486 g/mol. The Balaban J connectivity index is 1.77. The molecule has 0 amide bonds. The normalized spacial score (nSPS) is 11.6. The van der Waals surface area contributed by atoms with Gasteiger partial charge in [0.15, 0.2) is 0 Å². The van der Waals surface area contributed by atoms with Crippen LogP contribution in [0.1, 0.15) is 23.2 Å². The second kappa shape index (κ2) is 9.08. The van der Waals surface area contributed by atoms with Crippen molar-refractivity contribution in [3.05, 3.63) is 68.3 Å². The largest absolute Gasteiger partial charge is 0.368 e. The third kappa shape index (κ3) is 5.22. The summed E-state index contributed by atoms with van der Waals surface area (Å²) in [4.78, 5) is 8.71. The highest BCUT2D eigenvalue weighted by molar-refractivity contribution is 7.89. The maximum atomic E-state index is 11.3. The van der Waals surface area contributed by atoms with Gasteiger partial charge in [0.2, 0.25) is 16.0 Å². The van der Waals surface area contributed by atoms with Crippen LogP contribution in [0.5, 0.6) is 0 Å². The molecule has 30 heavy (non-hydrogen) atoms. The lowest BCUT2D eigenvalue weighted by molar-refractivity contribution is 0.597. The summed E-state index contributed by atoms with van der Waals surface area (Å²) in [5.41, 5.74) is 9.80. The van der Waals surface area contributed by atoms with Crippen LogP contribution in [0.25, 0.3) is 11.3 Å². The van der Waals surface area contributed by atoms with Crippen molar-refractivity contribution in [1.29, 1.82) is 0 Å². The number of rotatable bonds is 6. The number of aryl methyl sites for hydroxylation is 2. The van der Waals surface area contributed by atoms with Gasteiger partial charge in [-0.2, -0.15) is 0 Å². The van der Waals surface area contributed by atoms with Crippen molar-refractivity contribution in [3.63, 3.8) is 0 Å². The standard InChI is InChI=1S/C20H19Cl3N4O2S/c1-11-15(10-16(21)19(23)18(11)22)17-9-13(26-20(24)27-17)4-2-3-12-5-7-14(8-6-12)30(25,28)29/h5-10H,2-4H2,1H3,(H2,24,26,27)(H2,25,28,29). The molecular weight excluding hydrogens is 467 g/mol. The highest BCUT2D eigenvalue weighted by Gasteiger charge is 2.15. The Morgan fingerprint density at radius 3 is 2.27 bits per heavy atom. The van der Waals surface area contributed by atoms with E-state index in [1.165, 1.54) is 12.1 Å². The van der Waals surface area contributed by atoms with Gasteiger partial charge in [-0.25, -0.2) is 23.5 Å². The zero-order valence-corrected chi connectivity index (χ0v) is 19.1. The number of hydrogen-bond acceptors (Lipinski definition) is 5. The number of anilines is 1. The number of nitrogens with zero attached hydrogens (tertiary/aromatic N) is 2. The summed E-state index contributed by atoms with van der Waals surface area (Å²) >= 11 is 18.6. The van der Waals surface area contributed by atoms with Gasteiger partial charge in [0, 0.05) is 11.3 Å². The maximum absolute atomic E-state index is 11.3. The fourth-order valence-electron chi connectivity index (χ4n) is 3.06. The molecule has 0 saturated carbocycles. The number of aromatic nitrogens is 2. The molecule has 3 rings (SSSR count). The summed E-state index contributed by atoms with van der Waals surface area (Å²) in [7, 11) is -3.69. The summed E-state index contributed by atoms with van der Waals surface area (Å²) in [5, 5.41) is 6.13. The molecule has 1 aromatic heterocycles. The van der Waals surface area contributed by atoms with Crippen LogP contribution in [0.3, 0.4) is 0 Å². The quantitative estimate of drug-likeness (QED) is 0.486. The SMILES string of the molecule is Cc1c(-c2cc(CCCc3ccc(S(N)(=O)=O)cc3)nc(N)n2)cc(Cl)c(Cl)c1Cl. The number of sulfonamides is 1. The van der Waals surface area contributed by atoms with Crippen molar-refractivity contribution in [2.24, 2.45) is 5.14 Å². The van der Waals surface area contributed by atoms with Crippen LogP contribution in [0.2, 0.25) is 15.1 Å². The van der Waals surface area contributed by atoms with Crippen molar-refractivity contribution >= 4 is 50.8 Å². The molecule has 4 N–H and O–H groups in total. The molecule has 158 valence electrons. The monoisotopic (exact) mass is 484 g/mol. The van der Waals surface area contributed by atoms with Gasteiger partial charge >= 0.3 is 0 Å². The molecule has 0 aliphatic carbocycles. The Bertz CT molecular complexity index is 1200. The summed E-state index contributed by atoms with van der Waals surface area (Å²) < 4.78 is 22.7. The minimum atomic E-state index is -3.69.